The molecule has 0 N–H and O–H groups in total. The largest absolute Gasteiger partial charge is 0.573 e. The molecule has 15 heavy (non-hydrogen) atoms. The zero-order valence-corrected chi connectivity index (χ0v) is 7.18. The maximum Gasteiger partial charge on any atom is 0.573 e. The van der Waals surface area contributed by atoms with Crippen LogP contribution in [0, 0.1) is 17.3 Å². The molecule has 0 bridgehead atoms. The number of hydrogen-bond acceptors (Lipinski definition) is 3. The Morgan fingerprint density at radius 3 is 2.60 bits per heavy atom. The van der Waals surface area contributed by atoms with E-state index < -0.39 is 18.1 Å². The number of aromatic nitrogens is 1. The molecule has 1 rings (SSSR count). The van der Waals surface area contributed by atoms with Crippen molar-refractivity contribution in [3.63, 3.8) is 0 Å². The molecule has 0 fully saturated rings. The summed E-state index contributed by atoms with van der Waals surface area (Å²) >= 11 is 0. The van der Waals surface area contributed by atoms with Crippen LogP contribution < -0.4 is 4.74 Å². The second-order valence-electron chi connectivity index (χ2n) is 2.50. The Bertz CT molecular complexity index is 397. The highest BCUT2D eigenvalue weighted by molar-refractivity contribution is 5.25. The number of halogens is 4. The number of nitriles is 1. The second-order valence-corrected chi connectivity index (χ2v) is 2.50. The van der Waals surface area contributed by atoms with Crippen molar-refractivity contribution in [1.82, 2.24) is 4.98 Å². The maximum atomic E-state index is 12.7. The molecule has 1 aromatic rings. The van der Waals surface area contributed by atoms with Gasteiger partial charge in [0.05, 0.1) is 18.2 Å². The van der Waals surface area contributed by atoms with Crippen molar-refractivity contribution in [3.8, 4) is 11.8 Å². The van der Waals surface area contributed by atoms with Crippen LogP contribution in [0.25, 0.3) is 0 Å². The lowest BCUT2D eigenvalue weighted by Gasteiger charge is -2.08. The van der Waals surface area contributed by atoms with Crippen LogP contribution in [0.1, 0.15) is 5.69 Å². The number of hydrogen-bond donors (Lipinski definition) is 0. The minimum atomic E-state index is -4.89. The van der Waals surface area contributed by atoms with Crippen molar-refractivity contribution in [3.05, 3.63) is 23.8 Å². The summed E-state index contributed by atoms with van der Waals surface area (Å²) in [7, 11) is 0. The molecule has 0 aromatic carbocycles. The van der Waals surface area contributed by atoms with Crippen LogP contribution in [0.4, 0.5) is 17.6 Å². The molecule has 0 saturated heterocycles. The Morgan fingerprint density at radius 2 is 2.07 bits per heavy atom. The van der Waals surface area contributed by atoms with Crippen LogP contribution in [-0.4, -0.2) is 11.3 Å². The van der Waals surface area contributed by atoms with E-state index >= 15 is 0 Å². The summed E-state index contributed by atoms with van der Waals surface area (Å²) in [5.41, 5.74) is -0.114. The maximum absolute atomic E-state index is 12.7. The van der Waals surface area contributed by atoms with Gasteiger partial charge in [0.2, 0.25) is 5.95 Å². The smallest absolute Gasteiger partial charge is 0.406 e. The molecule has 3 nitrogen and oxygen atoms in total. The van der Waals surface area contributed by atoms with E-state index in [2.05, 4.69) is 9.72 Å². The first-order chi connectivity index (χ1) is 6.90. The summed E-state index contributed by atoms with van der Waals surface area (Å²) in [5, 5.41) is 8.26. The average molecular weight is 220 g/mol. The molecule has 0 amide bonds. The van der Waals surface area contributed by atoms with Crippen LogP contribution in [-0.2, 0) is 6.42 Å². The third-order valence-electron chi connectivity index (χ3n) is 1.31. The lowest BCUT2D eigenvalue weighted by atomic mass is 10.3. The molecule has 0 aliphatic carbocycles. The number of rotatable bonds is 2. The second kappa shape index (κ2) is 4.13. The first-order valence-corrected chi connectivity index (χ1v) is 3.70. The molecular weight excluding hydrogens is 216 g/mol. The highest BCUT2D eigenvalue weighted by Crippen LogP contribution is 2.23. The third-order valence-corrected chi connectivity index (χ3v) is 1.31. The van der Waals surface area contributed by atoms with E-state index in [1.54, 1.807) is 6.07 Å². The van der Waals surface area contributed by atoms with Gasteiger partial charge in [-0.05, 0) is 0 Å². The molecule has 80 valence electrons. The predicted octanol–water partition coefficient (Wildman–Crippen LogP) is 2.19. The van der Waals surface area contributed by atoms with Crippen LogP contribution in [0.2, 0.25) is 0 Å². The van der Waals surface area contributed by atoms with Crippen LogP contribution in [0.5, 0.6) is 5.75 Å². The van der Waals surface area contributed by atoms with E-state index in [9.17, 15) is 17.6 Å². The topological polar surface area (TPSA) is 45.9 Å². The summed E-state index contributed by atoms with van der Waals surface area (Å²) in [6, 6.07) is 2.99. The fourth-order valence-corrected chi connectivity index (χ4v) is 0.889. The Kier molecular flexibility index (Phi) is 3.09. The van der Waals surface area contributed by atoms with E-state index in [1.165, 1.54) is 0 Å². The summed E-state index contributed by atoms with van der Waals surface area (Å²) in [6.45, 7) is 0. The van der Waals surface area contributed by atoms with Crippen LogP contribution >= 0.6 is 0 Å². The molecule has 0 radical (unpaired) electrons. The zero-order chi connectivity index (χ0) is 11.5. The van der Waals surface area contributed by atoms with Gasteiger partial charge in [0.1, 0.15) is 5.75 Å². The van der Waals surface area contributed by atoms with Crippen LogP contribution in [0.15, 0.2) is 12.1 Å². The molecular formula is C8H4F4N2O. The van der Waals surface area contributed by atoms with Crippen molar-refractivity contribution >= 4 is 0 Å². The molecule has 0 aliphatic heterocycles. The Labute approximate surface area is 81.9 Å². The van der Waals surface area contributed by atoms with E-state index in [4.69, 9.17) is 5.26 Å². The Balaban J connectivity index is 2.95. The molecule has 0 saturated carbocycles. The fourth-order valence-electron chi connectivity index (χ4n) is 0.889. The predicted molar refractivity (Wildman–Crippen MR) is 40.2 cm³/mol. The van der Waals surface area contributed by atoms with E-state index in [1.807, 2.05) is 0 Å². The van der Waals surface area contributed by atoms with Gasteiger partial charge in [0.25, 0.3) is 0 Å². The molecule has 7 heteroatoms. The van der Waals surface area contributed by atoms with Gasteiger partial charge in [-0.3, -0.25) is 0 Å². The molecule has 1 aromatic heterocycles. The van der Waals surface area contributed by atoms with Gasteiger partial charge in [0, 0.05) is 12.1 Å². The average Bonchev–Trinajstić information content (AvgIpc) is 1.99. The molecule has 0 unspecified atom stereocenters. The number of pyridine rings is 1. The van der Waals surface area contributed by atoms with Crippen molar-refractivity contribution in [2.24, 2.45) is 0 Å². The molecule has 0 spiro atoms. The highest BCUT2D eigenvalue weighted by atomic mass is 19.4. The van der Waals surface area contributed by atoms with Gasteiger partial charge >= 0.3 is 6.36 Å². The molecule has 0 atom stereocenters. The first kappa shape index (κ1) is 11.2. The van der Waals surface area contributed by atoms with Crippen LogP contribution in [0.3, 0.4) is 0 Å². The van der Waals surface area contributed by atoms with Gasteiger partial charge < -0.3 is 4.74 Å². The van der Waals surface area contributed by atoms with Gasteiger partial charge in [0.15, 0.2) is 0 Å². The molecule has 0 aliphatic rings. The normalized spacial score (nSPS) is 10.9. The summed E-state index contributed by atoms with van der Waals surface area (Å²) < 4.78 is 51.4. The third kappa shape index (κ3) is 3.81. The van der Waals surface area contributed by atoms with E-state index in [0.29, 0.717) is 6.07 Å². The lowest BCUT2D eigenvalue weighted by Crippen LogP contribution is -2.17. The van der Waals surface area contributed by atoms with E-state index in [0.717, 1.165) is 6.07 Å². The Hall–Kier alpha value is -1.84. The van der Waals surface area contributed by atoms with Gasteiger partial charge in [-0.15, -0.1) is 13.2 Å². The van der Waals surface area contributed by atoms with Gasteiger partial charge in [-0.2, -0.15) is 9.65 Å². The van der Waals surface area contributed by atoms with Crippen molar-refractivity contribution in [1.29, 1.82) is 5.26 Å². The standard InChI is InChI=1S/C8H4F4N2O/c9-7-4-6(15-8(10,11)12)3-5(14-7)1-2-13/h3-4H,1H2. The Morgan fingerprint density at radius 1 is 1.40 bits per heavy atom. The summed E-state index contributed by atoms with van der Waals surface area (Å²) in [6.07, 6.45) is -5.18. The van der Waals surface area contributed by atoms with E-state index in [-0.39, 0.29) is 12.1 Å². The fraction of sp³-hybridized carbons (Fsp3) is 0.250. The monoisotopic (exact) mass is 220 g/mol. The lowest BCUT2D eigenvalue weighted by molar-refractivity contribution is -0.274. The number of nitrogens with zero attached hydrogens (tertiary/aromatic N) is 2. The van der Waals surface area contributed by atoms with Gasteiger partial charge in [-0.1, -0.05) is 0 Å². The first-order valence-electron chi connectivity index (χ1n) is 3.70. The molecule has 1 heterocycles. The number of ether oxygens (including phenoxy) is 1. The quantitative estimate of drug-likeness (QED) is 0.566. The summed E-state index contributed by atoms with van der Waals surface area (Å²) in [5.74, 6) is -1.85. The minimum Gasteiger partial charge on any atom is -0.406 e. The van der Waals surface area contributed by atoms with Crippen molar-refractivity contribution < 1.29 is 22.3 Å². The van der Waals surface area contributed by atoms with Crippen molar-refractivity contribution in [2.45, 2.75) is 12.8 Å². The minimum absolute atomic E-state index is 0.114. The zero-order valence-electron chi connectivity index (χ0n) is 7.18. The number of alkyl halides is 3. The van der Waals surface area contributed by atoms with Crippen molar-refractivity contribution in [2.75, 3.05) is 0 Å². The van der Waals surface area contributed by atoms with Gasteiger partial charge in [-0.25, -0.2) is 4.98 Å². The summed E-state index contributed by atoms with van der Waals surface area (Å²) in [4.78, 5) is 3.22. The highest BCUT2D eigenvalue weighted by Gasteiger charge is 2.31. The SMILES string of the molecule is N#CCc1cc(OC(F)(F)F)cc(F)n1.